The third-order valence-electron chi connectivity index (χ3n) is 5.19. The molecule has 2 heteroatoms. The van der Waals surface area contributed by atoms with Gasteiger partial charge in [0.2, 0.25) is 0 Å². The van der Waals surface area contributed by atoms with E-state index in [1.165, 1.54) is 27.8 Å². The average molecular weight is 316 g/mol. The largest absolute Gasteiger partial charge is 0.481 e. The Morgan fingerprint density at radius 1 is 1.21 bits per heavy atom. The number of rotatable bonds is 2. The van der Waals surface area contributed by atoms with E-state index in [2.05, 4.69) is 62.4 Å². The van der Waals surface area contributed by atoms with Crippen molar-refractivity contribution in [1.82, 2.24) is 0 Å². The number of fused-ring (bicyclic) bond motifs is 4. The van der Waals surface area contributed by atoms with Gasteiger partial charge in [-0.25, -0.2) is 0 Å². The van der Waals surface area contributed by atoms with Crippen LogP contribution in [0.15, 0.2) is 71.4 Å². The van der Waals surface area contributed by atoms with E-state index < -0.39 is 5.97 Å². The van der Waals surface area contributed by atoms with Gasteiger partial charge in [-0.05, 0) is 52.8 Å². The van der Waals surface area contributed by atoms with Crippen molar-refractivity contribution in [3.8, 4) is 0 Å². The second-order valence-electron chi connectivity index (χ2n) is 6.77. The van der Waals surface area contributed by atoms with Crippen LogP contribution in [-0.4, -0.2) is 11.1 Å². The molecule has 0 saturated heterocycles. The van der Waals surface area contributed by atoms with Crippen LogP contribution in [0.1, 0.15) is 36.0 Å². The number of benzene rings is 1. The second-order valence-corrected chi connectivity index (χ2v) is 6.77. The fourth-order valence-corrected chi connectivity index (χ4v) is 4.16. The maximum absolute atomic E-state index is 11.3. The molecular weight excluding hydrogens is 296 g/mol. The number of carboxylic acids is 1. The summed E-state index contributed by atoms with van der Waals surface area (Å²) in [5.74, 6) is -0.512. The fourth-order valence-electron chi connectivity index (χ4n) is 4.16. The molecule has 0 spiro atoms. The monoisotopic (exact) mass is 316 g/mol. The fraction of sp³-hybridized carbons (Fsp3) is 0.227. The Morgan fingerprint density at radius 2 is 2.04 bits per heavy atom. The minimum absolute atomic E-state index is 0.0682. The zero-order chi connectivity index (χ0) is 16.8. The molecular formula is C22H20O2. The maximum atomic E-state index is 11.3. The number of aryl methyl sites for hydroxylation is 1. The standard InChI is InChI=1S/C22H20O2/c1-13-5-3-7-15-9-10-16-11-17(12-19(23)24)18-8-4-6-14(2)21(18)22(16)20(13)15/h3-11,15,17H,12H2,1-2H3,(H,23,24). The minimum Gasteiger partial charge on any atom is -0.481 e. The molecule has 3 aliphatic rings. The molecule has 2 unspecified atom stereocenters. The summed E-state index contributed by atoms with van der Waals surface area (Å²) < 4.78 is 0. The molecule has 24 heavy (non-hydrogen) atoms. The zero-order valence-corrected chi connectivity index (χ0v) is 13.9. The first-order chi connectivity index (χ1) is 11.6. The molecule has 0 radical (unpaired) electrons. The molecule has 4 rings (SSSR count). The van der Waals surface area contributed by atoms with Crippen LogP contribution in [0.5, 0.6) is 0 Å². The van der Waals surface area contributed by atoms with Crippen LogP contribution in [-0.2, 0) is 4.79 Å². The van der Waals surface area contributed by atoms with Crippen molar-refractivity contribution in [2.24, 2.45) is 5.92 Å². The maximum Gasteiger partial charge on any atom is 0.304 e. The van der Waals surface area contributed by atoms with E-state index in [9.17, 15) is 9.90 Å². The van der Waals surface area contributed by atoms with Gasteiger partial charge in [-0.15, -0.1) is 0 Å². The van der Waals surface area contributed by atoms with E-state index in [-0.39, 0.29) is 12.3 Å². The number of carbonyl (C=O) groups is 1. The van der Waals surface area contributed by atoms with Crippen molar-refractivity contribution in [2.75, 3.05) is 0 Å². The van der Waals surface area contributed by atoms with Gasteiger partial charge in [-0.1, -0.05) is 54.7 Å². The molecule has 0 heterocycles. The van der Waals surface area contributed by atoms with Crippen LogP contribution < -0.4 is 0 Å². The first-order valence-corrected chi connectivity index (χ1v) is 8.38. The average Bonchev–Trinajstić information content (AvgIpc) is 2.54. The molecule has 120 valence electrons. The molecule has 2 atom stereocenters. The SMILES string of the molecule is CC1=CC=CC2C=CC3=CC(CC(=O)O)c4cccc(C)c4C3=C12. The number of hydrogen-bond acceptors (Lipinski definition) is 1. The molecule has 0 aromatic heterocycles. The van der Waals surface area contributed by atoms with Gasteiger partial charge in [-0.2, -0.15) is 0 Å². The van der Waals surface area contributed by atoms with Gasteiger partial charge in [0, 0.05) is 11.8 Å². The van der Waals surface area contributed by atoms with E-state index >= 15 is 0 Å². The summed E-state index contributed by atoms with van der Waals surface area (Å²) in [7, 11) is 0. The van der Waals surface area contributed by atoms with Crippen molar-refractivity contribution in [2.45, 2.75) is 26.2 Å². The lowest BCUT2D eigenvalue weighted by molar-refractivity contribution is -0.137. The Balaban J connectivity index is 2.00. The lowest BCUT2D eigenvalue weighted by atomic mass is 9.70. The van der Waals surface area contributed by atoms with E-state index in [0.717, 1.165) is 11.1 Å². The van der Waals surface area contributed by atoms with E-state index in [1.807, 2.05) is 6.07 Å². The summed E-state index contributed by atoms with van der Waals surface area (Å²) in [6.45, 7) is 4.29. The number of hydrogen-bond donors (Lipinski definition) is 1. The van der Waals surface area contributed by atoms with E-state index in [0.29, 0.717) is 5.92 Å². The summed E-state index contributed by atoms with van der Waals surface area (Å²) in [4.78, 5) is 11.3. The van der Waals surface area contributed by atoms with Gasteiger partial charge in [-0.3, -0.25) is 4.79 Å². The Bertz CT molecular complexity index is 891. The van der Waals surface area contributed by atoms with Crippen LogP contribution in [0.25, 0.3) is 5.57 Å². The predicted molar refractivity (Wildman–Crippen MR) is 96.7 cm³/mol. The van der Waals surface area contributed by atoms with Gasteiger partial charge in [0.15, 0.2) is 0 Å². The lowest BCUT2D eigenvalue weighted by Crippen LogP contribution is -2.18. The highest BCUT2D eigenvalue weighted by Crippen LogP contribution is 2.48. The molecule has 0 amide bonds. The number of carboxylic acid groups (broad SMARTS) is 1. The zero-order valence-electron chi connectivity index (χ0n) is 13.9. The highest BCUT2D eigenvalue weighted by atomic mass is 16.4. The molecule has 0 bridgehead atoms. The predicted octanol–water partition coefficient (Wildman–Crippen LogP) is 4.95. The summed E-state index contributed by atoms with van der Waals surface area (Å²) in [5.41, 5.74) is 8.68. The Morgan fingerprint density at radius 3 is 2.83 bits per heavy atom. The molecule has 1 N–H and O–H groups in total. The summed E-state index contributed by atoms with van der Waals surface area (Å²) in [6.07, 6.45) is 13.2. The quantitative estimate of drug-likeness (QED) is 0.838. The Hall–Kier alpha value is -2.61. The summed E-state index contributed by atoms with van der Waals surface area (Å²) >= 11 is 0. The van der Waals surface area contributed by atoms with Crippen molar-refractivity contribution < 1.29 is 9.90 Å². The lowest BCUT2D eigenvalue weighted by Gasteiger charge is -2.34. The topological polar surface area (TPSA) is 37.3 Å². The first kappa shape index (κ1) is 14.9. The van der Waals surface area contributed by atoms with Crippen LogP contribution in [0.2, 0.25) is 0 Å². The van der Waals surface area contributed by atoms with Crippen molar-refractivity contribution in [3.63, 3.8) is 0 Å². The molecule has 0 saturated carbocycles. The van der Waals surface area contributed by atoms with Gasteiger partial charge in [0.25, 0.3) is 0 Å². The first-order valence-electron chi connectivity index (χ1n) is 8.38. The van der Waals surface area contributed by atoms with Gasteiger partial charge in [0.1, 0.15) is 0 Å². The van der Waals surface area contributed by atoms with Crippen LogP contribution >= 0.6 is 0 Å². The number of allylic oxidation sites excluding steroid dienone is 10. The van der Waals surface area contributed by atoms with E-state index in [1.54, 1.807) is 0 Å². The van der Waals surface area contributed by atoms with Crippen molar-refractivity contribution in [3.05, 3.63) is 88.1 Å². The third-order valence-corrected chi connectivity index (χ3v) is 5.19. The molecule has 3 aliphatic carbocycles. The molecule has 1 aromatic carbocycles. The third kappa shape index (κ3) is 2.22. The summed E-state index contributed by atoms with van der Waals surface area (Å²) in [6, 6.07) is 6.24. The Kier molecular flexibility index (Phi) is 3.42. The highest BCUT2D eigenvalue weighted by molar-refractivity contribution is 5.93. The van der Waals surface area contributed by atoms with Crippen molar-refractivity contribution in [1.29, 1.82) is 0 Å². The minimum atomic E-state index is -0.755. The van der Waals surface area contributed by atoms with Crippen LogP contribution in [0, 0.1) is 12.8 Å². The van der Waals surface area contributed by atoms with Gasteiger partial charge in [0.05, 0.1) is 6.42 Å². The van der Waals surface area contributed by atoms with Crippen LogP contribution in [0.4, 0.5) is 0 Å². The molecule has 2 nitrogen and oxygen atoms in total. The number of aliphatic carboxylic acids is 1. The Labute approximate surface area is 142 Å². The van der Waals surface area contributed by atoms with E-state index in [4.69, 9.17) is 0 Å². The summed E-state index contributed by atoms with van der Waals surface area (Å²) in [5, 5.41) is 9.31. The molecule has 1 aromatic rings. The second kappa shape index (κ2) is 5.48. The highest BCUT2D eigenvalue weighted by Gasteiger charge is 2.32. The van der Waals surface area contributed by atoms with Crippen LogP contribution in [0.3, 0.4) is 0 Å². The van der Waals surface area contributed by atoms with Gasteiger partial charge >= 0.3 is 5.97 Å². The normalized spacial score (nSPS) is 23.9. The molecule has 0 aliphatic heterocycles. The molecule has 0 fully saturated rings. The van der Waals surface area contributed by atoms with Gasteiger partial charge < -0.3 is 5.11 Å². The van der Waals surface area contributed by atoms with Crippen molar-refractivity contribution >= 4 is 11.5 Å². The smallest absolute Gasteiger partial charge is 0.304 e.